The average molecular weight is 341 g/mol. The van der Waals surface area contributed by atoms with Crippen molar-refractivity contribution in [3.8, 4) is 0 Å². The van der Waals surface area contributed by atoms with E-state index in [-0.39, 0.29) is 11.3 Å². The van der Waals surface area contributed by atoms with Gasteiger partial charge < -0.3 is 5.32 Å². The van der Waals surface area contributed by atoms with E-state index < -0.39 is 0 Å². The minimum absolute atomic E-state index is 0.120. The molecular weight excluding hydrogens is 310 g/mol. The van der Waals surface area contributed by atoms with Gasteiger partial charge in [0.05, 0.1) is 6.42 Å². The van der Waals surface area contributed by atoms with Crippen molar-refractivity contribution in [2.75, 3.05) is 6.54 Å². The van der Waals surface area contributed by atoms with Gasteiger partial charge in [-0.15, -0.1) is 0 Å². The van der Waals surface area contributed by atoms with Crippen LogP contribution in [0.3, 0.4) is 0 Å². The van der Waals surface area contributed by atoms with E-state index in [4.69, 9.17) is 0 Å². The summed E-state index contributed by atoms with van der Waals surface area (Å²) in [5, 5.41) is 3.01. The summed E-state index contributed by atoms with van der Waals surface area (Å²) in [6.07, 6.45) is 12.6. The van der Waals surface area contributed by atoms with Crippen LogP contribution in [0, 0.1) is 0 Å². The number of carbonyl (C=O) groups excluding carboxylic acids is 1. The van der Waals surface area contributed by atoms with Crippen molar-refractivity contribution >= 4 is 5.91 Å². The fourth-order valence-corrected chi connectivity index (χ4v) is 3.07. The van der Waals surface area contributed by atoms with Gasteiger partial charge in [-0.05, 0) is 30.9 Å². The summed E-state index contributed by atoms with van der Waals surface area (Å²) in [5.41, 5.74) is 2.40. The summed E-state index contributed by atoms with van der Waals surface area (Å²) in [7, 11) is 0. The Labute approximate surface area is 151 Å². The number of rotatable bonds is 14. The summed E-state index contributed by atoms with van der Waals surface area (Å²) in [5.74, 6) is 0.120. The fourth-order valence-electron chi connectivity index (χ4n) is 3.07. The minimum Gasteiger partial charge on any atom is -0.356 e. The fraction of sp³-hybridized carbons (Fsp3) is 0.545. The van der Waals surface area contributed by atoms with Crippen LogP contribution in [0.5, 0.6) is 0 Å². The summed E-state index contributed by atoms with van der Waals surface area (Å²) in [4.78, 5) is 22.6. The molecule has 2 aromatic rings. The number of hydrogen-bond acceptors (Lipinski definition) is 2. The Kier molecular flexibility index (Phi) is 9.03. The van der Waals surface area contributed by atoms with Crippen molar-refractivity contribution in [3.05, 3.63) is 57.7 Å². The van der Waals surface area contributed by atoms with E-state index in [0.29, 0.717) is 6.42 Å². The van der Waals surface area contributed by atoms with Crippen LogP contribution in [0.4, 0.5) is 0 Å². The molecule has 0 aliphatic heterocycles. The normalized spacial score (nSPS) is 11.0. The molecule has 0 aromatic heterocycles. The third-order valence-electron chi connectivity index (χ3n) is 4.69. The molecule has 2 rings (SSSR count). The molecule has 0 fully saturated rings. The van der Waals surface area contributed by atoms with Crippen molar-refractivity contribution in [1.82, 2.24) is 5.32 Å². The molecule has 0 atom stereocenters. The molecule has 1 N–H and O–H groups in total. The number of hydrogen-bond donors (Lipinski definition) is 1. The molecular formula is C22H31NO2. The molecule has 0 aliphatic rings. The van der Waals surface area contributed by atoms with E-state index in [0.717, 1.165) is 30.5 Å². The van der Waals surface area contributed by atoms with Gasteiger partial charge in [0.15, 0.2) is 5.43 Å². The van der Waals surface area contributed by atoms with Gasteiger partial charge in [0, 0.05) is 12.1 Å². The van der Waals surface area contributed by atoms with Crippen LogP contribution in [-0.2, 0) is 17.6 Å². The van der Waals surface area contributed by atoms with Gasteiger partial charge >= 0.3 is 0 Å². The molecule has 0 saturated carbocycles. The van der Waals surface area contributed by atoms with Crippen molar-refractivity contribution in [3.63, 3.8) is 0 Å². The van der Waals surface area contributed by atoms with Crippen LogP contribution >= 0.6 is 0 Å². The van der Waals surface area contributed by atoms with E-state index in [2.05, 4.69) is 5.32 Å². The molecule has 0 aliphatic carbocycles. The molecule has 0 heterocycles. The first-order chi connectivity index (χ1) is 12.3. The van der Waals surface area contributed by atoms with Crippen LogP contribution < -0.4 is 10.7 Å². The van der Waals surface area contributed by atoms with Gasteiger partial charge in [-0.25, -0.2) is 0 Å². The maximum Gasteiger partial charge on any atom is 0.224 e. The zero-order valence-corrected chi connectivity index (χ0v) is 15.3. The van der Waals surface area contributed by atoms with Crippen molar-refractivity contribution < 1.29 is 4.79 Å². The molecule has 1 amide bonds. The van der Waals surface area contributed by atoms with E-state index in [9.17, 15) is 9.59 Å². The molecule has 2 aromatic carbocycles. The van der Waals surface area contributed by atoms with Gasteiger partial charge in [-0.3, -0.25) is 9.59 Å². The second-order valence-corrected chi connectivity index (χ2v) is 6.98. The highest BCUT2D eigenvalue weighted by molar-refractivity contribution is 5.78. The van der Waals surface area contributed by atoms with Crippen LogP contribution in [0.15, 0.2) is 41.2 Å². The Bertz CT molecular complexity index is 611. The minimum atomic E-state index is 0.120. The number of unbranched alkanes of at least 4 members (excludes halogenated alkanes) is 8. The molecule has 3 nitrogen and oxygen atoms in total. The van der Waals surface area contributed by atoms with Crippen LogP contribution in [-0.4, -0.2) is 12.5 Å². The van der Waals surface area contributed by atoms with Crippen LogP contribution in [0.1, 0.15) is 68.9 Å². The van der Waals surface area contributed by atoms with E-state index >= 15 is 0 Å². The Balaban J connectivity index is 1.31. The monoisotopic (exact) mass is 341 g/mol. The van der Waals surface area contributed by atoms with Gasteiger partial charge in [-0.1, -0.05) is 75.3 Å². The lowest BCUT2D eigenvalue weighted by Gasteiger charge is -2.05. The van der Waals surface area contributed by atoms with Crippen molar-refractivity contribution in [2.45, 2.75) is 70.6 Å². The standard InChI is InChI=1S/C22H31NO2/c24-21-18-20(21)15-11-6-4-2-1-3-5-7-12-16-23-22(25)17-19-13-9-8-10-14-19/h8-10,13-14,18H,1-7,11-12,15-17H2,(H,23,25). The van der Waals surface area contributed by atoms with Gasteiger partial charge in [0.2, 0.25) is 5.91 Å². The third-order valence-corrected chi connectivity index (χ3v) is 4.69. The number of benzene rings is 1. The Hall–Kier alpha value is -1.90. The molecule has 0 unspecified atom stereocenters. The molecule has 0 radical (unpaired) electrons. The van der Waals surface area contributed by atoms with E-state index in [1.54, 1.807) is 6.07 Å². The lowest BCUT2D eigenvalue weighted by atomic mass is 10.1. The highest BCUT2D eigenvalue weighted by Gasteiger charge is 2.06. The van der Waals surface area contributed by atoms with E-state index in [1.165, 1.54) is 51.4 Å². The Morgan fingerprint density at radius 3 is 1.96 bits per heavy atom. The summed E-state index contributed by atoms with van der Waals surface area (Å²) >= 11 is 0. The van der Waals surface area contributed by atoms with Gasteiger partial charge in [0.1, 0.15) is 0 Å². The van der Waals surface area contributed by atoms with Crippen LogP contribution in [0.2, 0.25) is 0 Å². The second-order valence-electron chi connectivity index (χ2n) is 6.98. The second kappa shape index (κ2) is 11.6. The topological polar surface area (TPSA) is 46.2 Å². The largest absolute Gasteiger partial charge is 0.356 e. The smallest absolute Gasteiger partial charge is 0.224 e. The first-order valence-electron chi connectivity index (χ1n) is 9.81. The van der Waals surface area contributed by atoms with Crippen LogP contribution in [0.25, 0.3) is 0 Å². The maximum absolute atomic E-state index is 11.8. The lowest BCUT2D eigenvalue weighted by Crippen LogP contribution is -2.26. The Morgan fingerprint density at radius 1 is 0.800 bits per heavy atom. The highest BCUT2D eigenvalue weighted by Crippen LogP contribution is 2.11. The van der Waals surface area contributed by atoms with Crippen molar-refractivity contribution in [2.24, 2.45) is 0 Å². The third kappa shape index (κ3) is 9.23. The number of carbonyl (C=O) groups is 1. The maximum atomic E-state index is 11.8. The first kappa shape index (κ1) is 19.4. The van der Waals surface area contributed by atoms with Gasteiger partial charge in [-0.2, -0.15) is 0 Å². The highest BCUT2D eigenvalue weighted by atomic mass is 16.1. The van der Waals surface area contributed by atoms with E-state index in [1.807, 2.05) is 30.3 Å². The molecule has 25 heavy (non-hydrogen) atoms. The zero-order valence-electron chi connectivity index (χ0n) is 15.3. The summed E-state index contributed by atoms with van der Waals surface area (Å²) in [6, 6.07) is 11.6. The first-order valence-corrected chi connectivity index (χ1v) is 9.81. The molecule has 3 heteroatoms. The summed E-state index contributed by atoms with van der Waals surface area (Å²) < 4.78 is 0. The Morgan fingerprint density at radius 2 is 1.36 bits per heavy atom. The molecule has 0 saturated heterocycles. The summed E-state index contributed by atoms with van der Waals surface area (Å²) in [6.45, 7) is 0.792. The molecule has 0 bridgehead atoms. The lowest BCUT2D eigenvalue weighted by molar-refractivity contribution is -0.120. The molecule has 136 valence electrons. The van der Waals surface area contributed by atoms with Gasteiger partial charge in [0.25, 0.3) is 0 Å². The van der Waals surface area contributed by atoms with Crippen molar-refractivity contribution in [1.29, 1.82) is 0 Å². The quantitative estimate of drug-likeness (QED) is 0.520. The molecule has 0 spiro atoms. The number of nitrogens with one attached hydrogen (secondary N) is 1. The SMILES string of the molecule is O=C(Cc1ccccc1)NCCCCCCCCCCCc1cc1=O. The average Bonchev–Trinajstić information content (AvgIpc) is 3.32. The number of amides is 1. The number of aryl methyl sites for hydroxylation is 1. The zero-order chi connectivity index (χ0) is 17.7. The predicted octanol–water partition coefficient (Wildman–Crippen LogP) is 4.33. The predicted molar refractivity (Wildman–Crippen MR) is 103 cm³/mol.